The van der Waals surface area contributed by atoms with Crippen LogP contribution in [0.4, 0.5) is 29.7 Å². The second kappa shape index (κ2) is 27.2. The third-order valence-electron chi connectivity index (χ3n) is 12.4. The Hall–Kier alpha value is -6.21. The Balaban J connectivity index is 1.85. The van der Waals surface area contributed by atoms with Gasteiger partial charge in [-0.15, -0.1) is 0 Å². The molecule has 81 heavy (non-hydrogen) atoms. The quantitative estimate of drug-likeness (QED) is 0.0609. The Morgan fingerprint density at radius 3 is 1.77 bits per heavy atom. The van der Waals surface area contributed by atoms with Crippen LogP contribution >= 0.6 is 0 Å². The van der Waals surface area contributed by atoms with Crippen LogP contribution in [0, 0.1) is 10.1 Å². The van der Waals surface area contributed by atoms with E-state index in [1.807, 2.05) is 0 Å². The lowest BCUT2D eigenvalue weighted by Gasteiger charge is -2.51. The predicted octanol–water partition coefficient (Wildman–Crippen LogP) is 2.98. The van der Waals surface area contributed by atoms with E-state index in [1.54, 1.807) is 62.3 Å². The molecule has 3 fully saturated rings. The van der Waals surface area contributed by atoms with Crippen molar-refractivity contribution < 1.29 is 102 Å². The zero-order chi connectivity index (χ0) is 61.3. The molecule has 0 spiro atoms. The second-order valence-corrected chi connectivity index (χ2v) is 24.4. The Bertz CT molecular complexity index is 2370. The molecule has 458 valence electrons. The topological polar surface area (TPSA) is 401 Å². The summed E-state index contributed by atoms with van der Waals surface area (Å²) < 4.78 is 47.2. The van der Waals surface area contributed by atoms with Crippen molar-refractivity contribution >= 4 is 48.0 Å². The van der Waals surface area contributed by atoms with Gasteiger partial charge in [0.25, 0.3) is 5.69 Å². The molecule has 29 nitrogen and oxygen atoms in total. The Labute approximate surface area is 469 Å². The molecular formula is C52H83N7O22. The molecule has 2 heterocycles. The van der Waals surface area contributed by atoms with Gasteiger partial charge in [-0.1, -0.05) is 12.1 Å². The second-order valence-electron chi connectivity index (χ2n) is 24.4. The molecule has 4 rings (SSSR count). The minimum Gasteiger partial charge on any atom is -0.465 e. The van der Waals surface area contributed by atoms with Crippen molar-refractivity contribution in [1.82, 2.24) is 31.5 Å². The van der Waals surface area contributed by atoms with Gasteiger partial charge in [0.05, 0.1) is 41.8 Å². The number of nitro benzene ring substituents is 1. The van der Waals surface area contributed by atoms with Crippen molar-refractivity contribution in [3.05, 3.63) is 39.9 Å². The van der Waals surface area contributed by atoms with E-state index >= 15 is 0 Å². The number of non-ortho nitro benzene ring substituents is 1. The fourth-order valence-electron chi connectivity index (χ4n) is 9.17. The van der Waals surface area contributed by atoms with Crippen molar-refractivity contribution in [3.8, 4) is 0 Å². The van der Waals surface area contributed by atoms with Crippen molar-refractivity contribution in [2.45, 2.75) is 236 Å². The smallest absolute Gasteiger partial charge is 0.417 e. The summed E-state index contributed by atoms with van der Waals surface area (Å²) >= 11 is 0. The number of imide groups is 1. The van der Waals surface area contributed by atoms with Gasteiger partial charge in [0.1, 0.15) is 64.6 Å². The molecule has 0 bridgehead atoms. The molecule has 1 saturated carbocycles. The Kier molecular flexibility index (Phi) is 22.6. The van der Waals surface area contributed by atoms with E-state index in [-0.39, 0.29) is 37.9 Å². The van der Waals surface area contributed by atoms with E-state index in [0.717, 1.165) is 6.92 Å². The van der Waals surface area contributed by atoms with Crippen LogP contribution in [-0.2, 0) is 53.9 Å². The van der Waals surface area contributed by atoms with E-state index in [9.17, 15) is 69.2 Å². The van der Waals surface area contributed by atoms with Crippen LogP contribution in [0.1, 0.15) is 128 Å². The number of amides is 7. The number of alkyl carbamates (subject to hydrolysis) is 3. The average molecular weight is 1160 g/mol. The number of aliphatic hydroxyl groups excluding tert-OH is 3. The van der Waals surface area contributed by atoms with Gasteiger partial charge in [0.15, 0.2) is 12.6 Å². The first kappa shape index (κ1) is 67.3. The van der Waals surface area contributed by atoms with Gasteiger partial charge in [0.2, 0.25) is 11.8 Å². The number of nitrogens with one attached hydrogen (secondary N) is 5. The van der Waals surface area contributed by atoms with Crippen LogP contribution in [0.25, 0.3) is 0 Å². The van der Waals surface area contributed by atoms with Crippen molar-refractivity contribution in [2.24, 2.45) is 0 Å². The fourth-order valence-corrected chi connectivity index (χ4v) is 9.17. The molecule has 10 N–H and O–H groups in total. The highest BCUT2D eigenvalue weighted by molar-refractivity contribution is 5.91. The molecule has 0 radical (unpaired) electrons. The first-order chi connectivity index (χ1) is 37.1. The Morgan fingerprint density at radius 2 is 1.26 bits per heavy atom. The SMILES string of the molecule is CC(=O)N(C(=O)OC(C)(C)C)[C@@H]1[C@@H](O)[C@@H](O[C@@H]2[C@@H](O)[C@H](O[C@H]3O[C@H](C(Cc4ccc([N+](=O)[O-])cc4)NC(=O)O)CC[C@H]3NC(=O)OC(C)(C)C)[C@@H](NC(=O)OC(C)(C)C)C[C@H]2NC(=O)C(O)CCNC(=O)OC(C)(C)C)OC[C@]1(C)O. The molecule has 2 saturated heterocycles. The molecule has 0 aromatic heterocycles. The molecule has 1 aromatic carbocycles. The lowest BCUT2D eigenvalue weighted by molar-refractivity contribution is -0.384. The summed E-state index contributed by atoms with van der Waals surface area (Å²) in [7, 11) is 0. The normalized spacial score (nSPS) is 27.9. The maximum absolute atomic E-state index is 14.0. The number of aliphatic hydroxyl groups is 4. The van der Waals surface area contributed by atoms with Crippen LogP contribution in [0.15, 0.2) is 24.3 Å². The molecule has 2 unspecified atom stereocenters. The highest BCUT2D eigenvalue weighted by Crippen LogP contribution is 2.36. The van der Waals surface area contributed by atoms with Gasteiger partial charge in [-0.3, -0.25) is 19.7 Å². The standard InChI is InChI=1S/C52H83N7O22/c1-26(60)58(47(70)81-51(11,12)13)39-36(63)42(74-25-52(39,14)71)77-37-31(54-40(64)33(61)21-22-53-44(67)78-48(2,3)4)24-32(57-46(69)80-50(8,9)10)38(35(37)62)76-41-29(56-45(68)79-49(5,6)7)19-20-34(75-41)30(55-43(65)66)23-27-15-17-28(18-16-27)59(72)73/h15-18,29-39,41-42,55,61-63,71H,19-25H2,1-14H3,(H,53,67)(H,54,64)(H,56,68)(H,57,69)(H,65,66)/t29-,30?,31-,32+,33?,34+,35-,36-,37+,38-,39-,41-,42-,52+/m1/s1. The monoisotopic (exact) mass is 1160 g/mol. The van der Waals surface area contributed by atoms with Crippen LogP contribution < -0.4 is 26.6 Å². The lowest BCUT2D eigenvalue weighted by Crippen LogP contribution is -2.71. The average Bonchev–Trinajstić information content (AvgIpc) is 3.51. The van der Waals surface area contributed by atoms with Crippen molar-refractivity contribution in [3.63, 3.8) is 0 Å². The highest BCUT2D eigenvalue weighted by atomic mass is 16.7. The molecule has 2 aliphatic heterocycles. The zero-order valence-electron chi connectivity index (χ0n) is 48.3. The summed E-state index contributed by atoms with van der Waals surface area (Å²) in [5.41, 5.74) is -6.09. The summed E-state index contributed by atoms with van der Waals surface area (Å²) in [6.07, 6.45) is -20.9. The fraction of sp³-hybridized carbons (Fsp3) is 0.750. The van der Waals surface area contributed by atoms with Crippen molar-refractivity contribution in [1.29, 1.82) is 0 Å². The first-order valence-corrected chi connectivity index (χ1v) is 26.5. The molecule has 1 aromatic rings. The number of nitrogens with zero attached hydrogens (tertiary/aromatic N) is 2. The summed E-state index contributed by atoms with van der Waals surface area (Å²) in [6.45, 7) is 20.2. The number of carbonyl (C=O) groups is 7. The Morgan fingerprint density at radius 1 is 0.753 bits per heavy atom. The number of hydrogen-bond acceptors (Lipinski definition) is 21. The van der Waals surface area contributed by atoms with Gasteiger partial charge in [-0.25, -0.2) is 28.9 Å². The van der Waals surface area contributed by atoms with Crippen LogP contribution in [0.2, 0.25) is 0 Å². The number of hydrogen-bond donors (Lipinski definition) is 10. The van der Waals surface area contributed by atoms with Gasteiger partial charge < -0.3 is 90.0 Å². The van der Waals surface area contributed by atoms with E-state index in [2.05, 4.69) is 26.6 Å². The molecule has 29 heteroatoms. The minimum atomic E-state index is -2.18. The van der Waals surface area contributed by atoms with Crippen LogP contribution in [0.3, 0.4) is 0 Å². The lowest BCUT2D eigenvalue weighted by atomic mass is 9.82. The number of ether oxygens (including phenoxy) is 8. The van der Waals surface area contributed by atoms with Gasteiger partial charge in [-0.05, 0) is 128 Å². The van der Waals surface area contributed by atoms with E-state index < -0.39 is 168 Å². The first-order valence-electron chi connectivity index (χ1n) is 26.5. The number of carbonyl (C=O) groups excluding carboxylic acids is 6. The molecule has 3 aliphatic rings. The highest BCUT2D eigenvalue weighted by Gasteiger charge is 2.57. The third-order valence-corrected chi connectivity index (χ3v) is 12.4. The molecule has 14 atom stereocenters. The van der Waals surface area contributed by atoms with E-state index in [4.69, 9.17) is 37.9 Å². The largest absolute Gasteiger partial charge is 0.465 e. The number of nitro groups is 1. The predicted molar refractivity (Wildman–Crippen MR) is 282 cm³/mol. The van der Waals surface area contributed by atoms with Crippen molar-refractivity contribution in [2.75, 3.05) is 13.2 Å². The zero-order valence-corrected chi connectivity index (χ0v) is 48.3. The molecule has 7 amide bonds. The maximum Gasteiger partial charge on any atom is 0.417 e. The third kappa shape index (κ3) is 20.9. The number of carboxylic acid groups (broad SMARTS) is 1. The van der Waals surface area contributed by atoms with Gasteiger partial charge >= 0.3 is 30.5 Å². The minimum absolute atomic E-state index is 0.00733. The molecule has 1 aliphatic carbocycles. The summed E-state index contributed by atoms with van der Waals surface area (Å²) in [5, 5.41) is 81.9. The van der Waals surface area contributed by atoms with Crippen LogP contribution in [0.5, 0.6) is 0 Å². The van der Waals surface area contributed by atoms with E-state index in [0.29, 0.717) is 10.5 Å². The summed E-state index contributed by atoms with van der Waals surface area (Å²) in [4.78, 5) is 104. The number of benzene rings is 1. The maximum atomic E-state index is 14.0. The summed E-state index contributed by atoms with van der Waals surface area (Å²) in [6, 6.07) is -1.72. The number of rotatable bonds is 17. The van der Waals surface area contributed by atoms with Gasteiger partial charge in [-0.2, -0.15) is 0 Å². The summed E-state index contributed by atoms with van der Waals surface area (Å²) in [5.74, 6) is -2.06. The van der Waals surface area contributed by atoms with Gasteiger partial charge in [0, 0.05) is 25.6 Å². The van der Waals surface area contributed by atoms with Crippen LogP contribution in [-0.4, -0.2) is 198 Å². The van der Waals surface area contributed by atoms with E-state index in [1.165, 1.54) is 52.0 Å². The molecular weight excluding hydrogens is 1070 g/mol.